The molecule has 0 atom stereocenters. The van der Waals surface area contributed by atoms with E-state index >= 15 is 0 Å². The van der Waals surface area contributed by atoms with Crippen LogP contribution in [-0.4, -0.2) is 24.6 Å². The normalized spacial score (nSPS) is 10.9. The van der Waals surface area contributed by atoms with Gasteiger partial charge in [0.1, 0.15) is 5.75 Å². The second-order valence-corrected chi connectivity index (χ2v) is 7.12. The molecule has 0 spiro atoms. The summed E-state index contributed by atoms with van der Waals surface area (Å²) in [5.74, 6) is -0.185. The zero-order chi connectivity index (χ0) is 20.1. The quantitative estimate of drug-likeness (QED) is 0.594. The molecule has 2 aromatic carbocycles. The van der Waals surface area contributed by atoms with Crippen LogP contribution in [-0.2, 0) is 11.3 Å². The molecule has 1 aromatic heterocycles. The van der Waals surface area contributed by atoms with Crippen LogP contribution in [0.25, 0.3) is 11.3 Å². The maximum atomic E-state index is 12.5. The Bertz CT molecular complexity index is 958. The second kappa shape index (κ2) is 8.90. The van der Waals surface area contributed by atoms with E-state index in [1.165, 1.54) is 23.5 Å². The van der Waals surface area contributed by atoms with Crippen LogP contribution in [0.4, 0.5) is 13.9 Å². The summed E-state index contributed by atoms with van der Waals surface area (Å²) >= 11 is 1.34. The van der Waals surface area contributed by atoms with E-state index in [1.807, 2.05) is 13.0 Å². The van der Waals surface area contributed by atoms with Crippen LogP contribution in [0.1, 0.15) is 20.8 Å². The van der Waals surface area contributed by atoms with E-state index in [4.69, 9.17) is 4.74 Å². The Hall–Kier alpha value is -2.84. The molecule has 1 amide bonds. The first-order valence-corrected chi connectivity index (χ1v) is 9.20. The number of carbonyl (C=O) groups excluding carboxylic acids is 1. The average Bonchev–Trinajstić information content (AvgIpc) is 3.02. The number of anilines is 1. The predicted molar refractivity (Wildman–Crippen MR) is 104 cm³/mol. The number of nitrogens with zero attached hydrogens (tertiary/aromatic N) is 1. The maximum Gasteiger partial charge on any atom is 0.387 e. The van der Waals surface area contributed by atoms with Crippen molar-refractivity contribution in [2.24, 2.45) is 0 Å². The van der Waals surface area contributed by atoms with Crippen molar-refractivity contribution in [3.05, 3.63) is 64.5 Å². The van der Waals surface area contributed by atoms with Gasteiger partial charge in [-0.1, -0.05) is 12.1 Å². The molecule has 0 fully saturated rings. The van der Waals surface area contributed by atoms with Crippen molar-refractivity contribution in [2.75, 3.05) is 12.4 Å². The van der Waals surface area contributed by atoms with Gasteiger partial charge in [0.25, 0.3) is 5.91 Å². The first kappa shape index (κ1) is 19.9. The molecule has 0 aliphatic carbocycles. The van der Waals surface area contributed by atoms with Crippen molar-refractivity contribution in [3.8, 4) is 17.0 Å². The van der Waals surface area contributed by atoms with Gasteiger partial charge in [0.05, 0.1) is 12.3 Å². The highest BCUT2D eigenvalue weighted by Crippen LogP contribution is 2.31. The van der Waals surface area contributed by atoms with Crippen LogP contribution in [0.3, 0.4) is 0 Å². The first-order chi connectivity index (χ1) is 13.5. The van der Waals surface area contributed by atoms with Gasteiger partial charge in [-0.3, -0.25) is 10.1 Å². The molecule has 1 heterocycles. The van der Waals surface area contributed by atoms with E-state index in [1.54, 1.807) is 37.4 Å². The topological polar surface area (TPSA) is 60.5 Å². The molecular weight excluding hydrogens is 386 g/mol. The van der Waals surface area contributed by atoms with Crippen LogP contribution in [0.5, 0.6) is 5.75 Å². The van der Waals surface area contributed by atoms with Gasteiger partial charge in [0, 0.05) is 23.1 Å². The monoisotopic (exact) mass is 404 g/mol. The molecule has 8 heteroatoms. The molecule has 28 heavy (non-hydrogen) atoms. The Morgan fingerprint density at radius 3 is 2.64 bits per heavy atom. The molecular formula is C20H18F2N2O3S. The van der Waals surface area contributed by atoms with Gasteiger partial charge in [0.15, 0.2) is 5.13 Å². The van der Waals surface area contributed by atoms with Gasteiger partial charge in [0.2, 0.25) is 0 Å². The summed E-state index contributed by atoms with van der Waals surface area (Å²) in [6.07, 6.45) is 0. The third-order valence-electron chi connectivity index (χ3n) is 3.87. The summed E-state index contributed by atoms with van der Waals surface area (Å²) in [4.78, 5) is 17.9. The Balaban J connectivity index is 1.75. The van der Waals surface area contributed by atoms with Crippen molar-refractivity contribution >= 4 is 22.4 Å². The number of hydrogen-bond acceptors (Lipinski definition) is 5. The fourth-order valence-corrected chi connectivity index (χ4v) is 3.48. The van der Waals surface area contributed by atoms with Gasteiger partial charge in [-0.2, -0.15) is 8.78 Å². The number of aromatic nitrogens is 1. The Kier molecular flexibility index (Phi) is 6.33. The molecule has 0 saturated carbocycles. The number of thiazole rings is 1. The van der Waals surface area contributed by atoms with Crippen LogP contribution < -0.4 is 10.1 Å². The molecule has 0 saturated heterocycles. The summed E-state index contributed by atoms with van der Waals surface area (Å²) in [6, 6.07) is 13.4. The van der Waals surface area contributed by atoms with Crippen molar-refractivity contribution in [3.63, 3.8) is 0 Å². The number of alkyl halides is 2. The van der Waals surface area contributed by atoms with Crippen molar-refractivity contribution in [1.82, 2.24) is 4.98 Å². The third-order valence-corrected chi connectivity index (χ3v) is 4.76. The fourth-order valence-electron chi connectivity index (χ4n) is 2.65. The lowest BCUT2D eigenvalue weighted by atomic mass is 10.1. The lowest BCUT2D eigenvalue weighted by Gasteiger charge is -2.05. The van der Waals surface area contributed by atoms with Gasteiger partial charge >= 0.3 is 6.61 Å². The molecule has 0 bridgehead atoms. The number of halogens is 2. The number of methoxy groups -OCH3 is 1. The maximum absolute atomic E-state index is 12.5. The molecule has 0 aliphatic rings. The van der Waals surface area contributed by atoms with E-state index in [0.717, 1.165) is 16.0 Å². The minimum atomic E-state index is -2.86. The first-order valence-electron chi connectivity index (χ1n) is 8.38. The molecule has 0 aliphatic heterocycles. The van der Waals surface area contributed by atoms with Crippen LogP contribution in [0.2, 0.25) is 0 Å². The highest BCUT2D eigenvalue weighted by Gasteiger charge is 2.14. The number of amides is 1. The van der Waals surface area contributed by atoms with Gasteiger partial charge in [-0.05, 0) is 48.9 Å². The number of ether oxygens (including phenoxy) is 2. The molecule has 146 valence electrons. The predicted octanol–water partition coefficient (Wildman–Crippen LogP) is 5.12. The highest BCUT2D eigenvalue weighted by atomic mass is 32.1. The molecule has 0 radical (unpaired) electrons. The molecule has 5 nitrogen and oxygen atoms in total. The Morgan fingerprint density at radius 2 is 1.96 bits per heavy atom. The van der Waals surface area contributed by atoms with Gasteiger partial charge < -0.3 is 9.47 Å². The zero-order valence-corrected chi connectivity index (χ0v) is 16.1. The number of nitrogens with one attached hydrogen (secondary N) is 1. The standard InChI is InChI=1S/C20H18F2N2O3S/c1-12-17(14-6-8-16(9-7-14)27-19(21)22)23-20(28-12)24-18(25)15-5-3-4-13(10-15)11-26-2/h3-10,19H,11H2,1-2H3,(H,23,24,25). The fraction of sp³-hybridized carbons (Fsp3) is 0.200. The minimum Gasteiger partial charge on any atom is -0.435 e. The van der Waals surface area contributed by atoms with Crippen LogP contribution in [0, 0.1) is 6.92 Å². The minimum absolute atomic E-state index is 0.0797. The average molecular weight is 404 g/mol. The Morgan fingerprint density at radius 1 is 1.21 bits per heavy atom. The zero-order valence-electron chi connectivity index (χ0n) is 15.2. The lowest BCUT2D eigenvalue weighted by Crippen LogP contribution is -2.12. The van der Waals surface area contributed by atoms with E-state index in [0.29, 0.717) is 23.0 Å². The smallest absolute Gasteiger partial charge is 0.387 e. The van der Waals surface area contributed by atoms with Crippen molar-refractivity contribution < 1.29 is 23.0 Å². The highest BCUT2D eigenvalue weighted by molar-refractivity contribution is 7.16. The van der Waals surface area contributed by atoms with Crippen molar-refractivity contribution in [1.29, 1.82) is 0 Å². The SMILES string of the molecule is COCc1cccc(C(=O)Nc2nc(-c3ccc(OC(F)F)cc3)c(C)s2)c1. The number of aryl methyl sites for hydroxylation is 1. The number of rotatable bonds is 7. The van der Waals surface area contributed by atoms with E-state index in [2.05, 4.69) is 15.0 Å². The molecule has 3 rings (SSSR count). The van der Waals surface area contributed by atoms with E-state index in [9.17, 15) is 13.6 Å². The van der Waals surface area contributed by atoms with Gasteiger partial charge in [-0.25, -0.2) is 4.98 Å². The summed E-state index contributed by atoms with van der Waals surface area (Å²) in [6.45, 7) is -0.561. The summed E-state index contributed by atoms with van der Waals surface area (Å²) < 4.78 is 34.0. The molecule has 3 aromatic rings. The number of hydrogen-bond donors (Lipinski definition) is 1. The third kappa shape index (κ3) is 4.90. The molecule has 1 N–H and O–H groups in total. The number of benzene rings is 2. The molecule has 0 unspecified atom stereocenters. The summed E-state index contributed by atoms with van der Waals surface area (Å²) in [5.41, 5.74) is 2.84. The lowest BCUT2D eigenvalue weighted by molar-refractivity contribution is -0.0498. The second-order valence-electron chi connectivity index (χ2n) is 5.91. The summed E-state index contributed by atoms with van der Waals surface area (Å²) in [5, 5.41) is 3.26. The van der Waals surface area contributed by atoms with Gasteiger partial charge in [-0.15, -0.1) is 11.3 Å². The van der Waals surface area contributed by atoms with Crippen LogP contribution in [0.15, 0.2) is 48.5 Å². The van der Waals surface area contributed by atoms with E-state index < -0.39 is 6.61 Å². The largest absolute Gasteiger partial charge is 0.435 e. The number of carbonyl (C=O) groups is 1. The van der Waals surface area contributed by atoms with Crippen molar-refractivity contribution in [2.45, 2.75) is 20.1 Å². The summed E-state index contributed by atoms with van der Waals surface area (Å²) in [7, 11) is 1.60. The van der Waals surface area contributed by atoms with E-state index in [-0.39, 0.29) is 11.7 Å². The Labute approximate surface area is 164 Å². The van der Waals surface area contributed by atoms with Crippen LogP contribution >= 0.6 is 11.3 Å².